The molecule has 1 aromatic heterocycles. The zero-order valence-corrected chi connectivity index (χ0v) is 11.5. The predicted octanol–water partition coefficient (Wildman–Crippen LogP) is 2.85. The van der Waals surface area contributed by atoms with Gasteiger partial charge in [-0.3, -0.25) is 0 Å². The van der Waals surface area contributed by atoms with Crippen molar-refractivity contribution in [2.75, 3.05) is 0 Å². The molecule has 2 fully saturated rings. The standard InChI is InChI=1S/C14H21N3O2/c1-8-5-9(2)7-11(6-8)17-13(10-3-4-10)12(14(18)19)15-16-17/h8-11H,3-7H2,1-2H3,(H,18,19). The van der Waals surface area contributed by atoms with Crippen LogP contribution in [0.1, 0.15) is 74.1 Å². The van der Waals surface area contributed by atoms with Crippen molar-refractivity contribution in [2.45, 2.75) is 57.9 Å². The van der Waals surface area contributed by atoms with Gasteiger partial charge in [0.25, 0.3) is 0 Å². The van der Waals surface area contributed by atoms with E-state index in [0.717, 1.165) is 31.4 Å². The minimum atomic E-state index is -0.940. The van der Waals surface area contributed by atoms with Gasteiger partial charge >= 0.3 is 5.97 Å². The number of hydrogen-bond donors (Lipinski definition) is 1. The number of carboxylic acid groups (broad SMARTS) is 1. The van der Waals surface area contributed by atoms with Gasteiger partial charge in [-0.15, -0.1) is 5.10 Å². The summed E-state index contributed by atoms with van der Waals surface area (Å²) >= 11 is 0. The Morgan fingerprint density at radius 1 is 1.21 bits per heavy atom. The molecule has 5 nitrogen and oxygen atoms in total. The first-order chi connectivity index (χ1) is 9.06. The van der Waals surface area contributed by atoms with E-state index in [1.807, 2.05) is 4.68 Å². The first-order valence-corrected chi connectivity index (χ1v) is 7.24. The zero-order chi connectivity index (χ0) is 13.6. The predicted molar refractivity (Wildman–Crippen MR) is 70.2 cm³/mol. The highest BCUT2D eigenvalue weighted by Crippen LogP contribution is 2.44. The van der Waals surface area contributed by atoms with E-state index >= 15 is 0 Å². The molecule has 5 heteroatoms. The number of rotatable bonds is 3. The largest absolute Gasteiger partial charge is 0.476 e. The van der Waals surface area contributed by atoms with Crippen molar-refractivity contribution in [3.05, 3.63) is 11.4 Å². The topological polar surface area (TPSA) is 68.0 Å². The van der Waals surface area contributed by atoms with Gasteiger partial charge in [0.1, 0.15) is 0 Å². The van der Waals surface area contributed by atoms with Gasteiger partial charge in [-0.25, -0.2) is 9.48 Å². The summed E-state index contributed by atoms with van der Waals surface area (Å²) in [6.07, 6.45) is 5.59. The van der Waals surface area contributed by atoms with Gasteiger partial charge in [-0.1, -0.05) is 19.1 Å². The van der Waals surface area contributed by atoms with Crippen molar-refractivity contribution in [1.82, 2.24) is 15.0 Å². The molecule has 0 amide bonds. The molecule has 0 aliphatic heterocycles. The molecule has 0 saturated heterocycles. The molecule has 0 spiro atoms. The van der Waals surface area contributed by atoms with E-state index in [2.05, 4.69) is 24.2 Å². The highest BCUT2D eigenvalue weighted by Gasteiger charge is 2.37. The van der Waals surface area contributed by atoms with Crippen LogP contribution in [0.2, 0.25) is 0 Å². The maximum atomic E-state index is 11.3. The third-order valence-electron chi connectivity index (χ3n) is 4.40. The molecule has 1 aromatic rings. The van der Waals surface area contributed by atoms with Crippen LogP contribution in [0.15, 0.2) is 0 Å². The number of hydrogen-bond acceptors (Lipinski definition) is 3. The Kier molecular flexibility index (Phi) is 3.07. The first kappa shape index (κ1) is 12.6. The lowest BCUT2D eigenvalue weighted by Gasteiger charge is -2.32. The van der Waals surface area contributed by atoms with Crippen molar-refractivity contribution >= 4 is 5.97 Å². The molecule has 2 atom stereocenters. The number of aromatic carboxylic acids is 1. The molecule has 19 heavy (non-hydrogen) atoms. The lowest BCUT2D eigenvalue weighted by molar-refractivity contribution is 0.0689. The van der Waals surface area contributed by atoms with E-state index in [9.17, 15) is 9.90 Å². The first-order valence-electron chi connectivity index (χ1n) is 7.24. The van der Waals surface area contributed by atoms with Crippen molar-refractivity contribution in [1.29, 1.82) is 0 Å². The normalized spacial score (nSPS) is 31.4. The van der Waals surface area contributed by atoms with Gasteiger partial charge < -0.3 is 5.11 Å². The highest BCUT2D eigenvalue weighted by atomic mass is 16.4. The van der Waals surface area contributed by atoms with Gasteiger partial charge in [0.15, 0.2) is 5.69 Å². The smallest absolute Gasteiger partial charge is 0.358 e. The Hall–Kier alpha value is -1.39. The summed E-state index contributed by atoms with van der Waals surface area (Å²) in [5.41, 5.74) is 1.05. The quantitative estimate of drug-likeness (QED) is 0.910. The van der Waals surface area contributed by atoms with Crippen LogP contribution in [0.4, 0.5) is 0 Å². The third-order valence-corrected chi connectivity index (χ3v) is 4.40. The van der Waals surface area contributed by atoms with Crippen LogP contribution in [0.3, 0.4) is 0 Å². The maximum absolute atomic E-state index is 11.3. The van der Waals surface area contributed by atoms with Crippen LogP contribution in [-0.2, 0) is 0 Å². The fraction of sp³-hybridized carbons (Fsp3) is 0.786. The van der Waals surface area contributed by atoms with Crippen LogP contribution in [0, 0.1) is 11.8 Å². The average molecular weight is 263 g/mol. The fourth-order valence-electron chi connectivity index (χ4n) is 3.56. The van der Waals surface area contributed by atoms with Crippen LogP contribution >= 0.6 is 0 Å². The Morgan fingerprint density at radius 2 is 1.84 bits per heavy atom. The molecule has 2 aliphatic rings. The number of aromatic nitrogens is 3. The molecule has 2 aliphatic carbocycles. The summed E-state index contributed by atoms with van der Waals surface area (Å²) in [4.78, 5) is 11.3. The van der Waals surface area contributed by atoms with E-state index in [1.165, 1.54) is 6.42 Å². The molecular formula is C14H21N3O2. The molecule has 1 heterocycles. The van der Waals surface area contributed by atoms with Gasteiger partial charge in [0.05, 0.1) is 11.7 Å². The summed E-state index contributed by atoms with van der Waals surface area (Å²) in [5.74, 6) is 0.787. The number of carbonyl (C=O) groups is 1. The van der Waals surface area contributed by atoms with Crippen molar-refractivity contribution < 1.29 is 9.90 Å². The monoisotopic (exact) mass is 263 g/mol. The fourth-order valence-corrected chi connectivity index (χ4v) is 3.56. The lowest BCUT2D eigenvalue weighted by Crippen LogP contribution is -2.25. The van der Waals surface area contributed by atoms with Crippen LogP contribution in [0.5, 0.6) is 0 Å². The van der Waals surface area contributed by atoms with Crippen LogP contribution in [-0.4, -0.2) is 26.1 Å². The zero-order valence-electron chi connectivity index (χ0n) is 11.5. The SMILES string of the molecule is CC1CC(C)CC(n2nnc(C(=O)O)c2C2CC2)C1. The Morgan fingerprint density at radius 3 is 2.37 bits per heavy atom. The minimum Gasteiger partial charge on any atom is -0.476 e. The number of carboxylic acids is 1. The molecule has 2 saturated carbocycles. The van der Waals surface area contributed by atoms with Crippen molar-refractivity contribution in [3.8, 4) is 0 Å². The average Bonchev–Trinajstić information content (AvgIpc) is 3.06. The van der Waals surface area contributed by atoms with Gasteiger partial charge in [-0.2, -0.15) is 0 Å². The van der Waals surface area contributed by atoms with Crippen LogP contribution in [0.25, 0.3) is 0 Å². The maximum Gasteiger partial charge on any atom is 0.358 e. The molecule has 0 radical (unpaired) electrons. The molecule has 0 bridgehead atoms. The summed E-state index contributed by atoms with van der Waals surface area (Å²) in [6.45, 7) is 4.54. The second-order valence-corrected chi connectivity index (χ2v) is 6.42. The second kappa shape index (κ2) is 4.62. The molecule has 1 N–H and O–H groups in total. The molecule has 0 aromatic carbocycles. The molecule has 104 valence electrons. The van der Waals surface area contributed by atoms with E-state index in [4.69, 9.17) is 0 Å². The van der Waals surface area contributed by atoms with E-state index < -0.39 is 5.97 Å². The summed E-state index contributed by atoms with van der Waals surface area (Å²) in [7, 11) is 0. The summed E-state index contributed by atoms with van der Waals surface area (Å²) in [5, 5.41) is 17.3. The number of nitrogens with zero attached hydrogens (tertiary/aromatic N) is 3. The third kappa shape index (κ3) is 2.38. The Balaban J connectivity index is 1.93. The van der Waals surface area contributed by atoms with Gasteiger partial charge in [0, 0.05) is 5.92 Å². The van der Waals surface area contributed by atoms with Gasteiger partial charge in [0.2, 0.25) is 0 Å². The lowest BCUT2D eigenvalue weighted by atomic mass is 9.80. The van der Waals surface area contributed by atoms with Crippen LogP contribution < -0.4 is 0 Å². The molecule has 2 unspecified atom stereocenters. The van der Waals surface area contributed by atoms with E-state index in [1.54, 1.807) is 0 Å². The molecular weight excluding hydrogens is 242 g/mol. The van der Waals surface area contributed by atoms with E-state index in [-0.39, 0.29) is 5.69 Å². The molecule has 3 rings (SSSR count). The Bertz CT molecular complexity index is 483. The minimum absolute atomic E-state index is 0.174. The van der Waals surface area contributed by atoms with Crippen molar-refractivity contribution in [2.24, 2.45) is 11.8 Å². The summed E-state index contributed by atoms with van der Waals surface area (Å²) in [6, 6.07) is 0.329. The summed E-state index contributed by atoms with van der Waals surface area (Å²) < 4.78 is 1.94. The van der Waals surface area contributed by atoms with E-state index in [0.29, 0.717) is 23.8 Å². The van der Waals surface area contributed by atoms with Crippen molar-refractivity contribution in [3.63, 3.8) is 0 Å². The van der Waals surface area contributed by atoms with Gasteiger partial charge in [-0.05, 0) is 43.9 Å². The second-order valence-electron chi connectivity index (χ2n) is 6.42. The Labute approximate surface area is 113 Å². The highest BCUT2D eigenvalue weighted by molar-refractivity contribution is 5.86.